The number of benzene rings is 1. The topological polar surface area (TPSA) is 32.3 Å². The summed E-state index contributed by atoms with van der Waals surface area (Å²) in [4.78, 5) is 14.2. The maximum Gasteiger partial charge on any atom is 0.240 e. The van der Waals surface area contributed by atoms with Crippen molar-refractivity contribution in [3.05, 3.63) is 34.6 Å². The third-order valence-electron chi connectivity index (χ3n) is 4.18. The van der Waals surface area contributed by atoms with Gasteiger partial charge in [-0.3, -0.25) is 4.79 Å². The lowest BCUT2D eigenvalue weighted by Crippen LogP contribution is -2.39. The van der Waals surface area contributed by atoms with Crippen LogP contribution in [-0.2, 0) is 11.3 Å². The van der Waals surface area contributed by atoms with Gasteiger partial charge in [0.1, 0.15) is 5.82 Å². The van der Waals surface area contributed by atoms with Gasteiger partial charge in [-0.15, -0.1) is 0 Å². The third-order valence-corrected chi connectivity index (χ3v) is 4.18. The van der Waals surface area contributed by atoms with Gasteiger partial charge in [-0.1, -0.05) is 12.1 Å². The van der Waals surface area contributed by atoms with E-state index in [4.69, 9.17) is 0 Å². The number of hydrogen-bond acceptors (Lipinski definition) is 2. The molecule has 1 saturated heterocycles. The SMILES string of the molecule is Cc1cc(CN2CCC(NC3CC3)C2=O)cc(C)c1F. The van der Waals surface area contributed by atoms with Gasteiger partial charge in [-0.25, -0.2) is 4.39 Å². The van der Waals surface area contributed by atoms with Gasteiger partial charge in [0.2, 0.25) is 5.91 Å². The van der Waals surface area contributed by atoms with E-state index in [-0.39, 0.29) is 17.8 Å². The van der Waals surface area contributed by atoms with E-state index >= 15 is 0 Å². The zero-order valence-electron chi connectivity index (χ0n) is 12.1. The monoisotopic (exact) mass is 276 g/mol. The van der Waals surface area contributed by atoms with Crippen molar-refractivity contribution in [3.8, 4) is 0 Å². The van der Waals surface area contributed by atoms with Crippen LogP contribution in [0.3, 0.4) is 0 Å². The fourth-order valence-electron chi connectivity index (χ4n) is 2.93. The summed E-state index contributed by atoms with van der Waals surface area (Å²) in [6, 6.07) is 4.23. The van der Waals surface area contributed by atoms with Gasteiger partial charge in [-0.05, 0) is 49.8 Å². The zero-order chi connectivity index (χ0) is 14.3. The highest BCUT2D eigenvalue weighted by atomic mass is 19.1. The molecule has 1 saturated carbocycles. The largest absolute Gasteiger partial charge is 0.337 e. The fourth-order valence-corrected chi connectivity index (χ4v) is 2.93. The number of nitrogens with zero attached hydrogens (tertiary/aromatic N) is 1. The van der Waals surface area contributed by atoms with Crippen LogP contribution >= 0.6 is 0 Å². The Morgan fingerprint density at radius 2 is 1.90 bits per heavy atom. The van der Waals surface area contributed by atoms with Crippen LogP contribution in [0.2, 0.25) is 0 Å². The molecule has 2 fully saturated rings. The highest BCUT2D eigenvalue weighted by molar-refractivity contribution is 5.84. The standard InChI is InChI=1S/C16H21FN2O/c1-10-7-12(8-11(2)15(10)17)9-19-6-5-14(16(19)20)18-13-3-4-13/h7-8,13-14,18H,3-6,9H2,1-2H3. The molecule has 0 bridgehead atoms. The molecule has 1 amide bonds. The van der Waals surface area contributed by atoms with Crippen LogP contribution < -0.4 is 5.32 Å². The Kier molecular flexibility index (Phi) is 3.50. The molecule has 2 aliphatic rings. The smallest absolute Gasteiger partial charge is 0.240 e. The van der Waals surface area contributed by atoms with E-state index in [9.17, 15) is 9.18 Å². The van der Waals surface area contributed by atoms with Crippen LogP contribution in [0.25, 0.3) is 0 Å². The number of amides is 1. The van der Waals surface area contributed by atoms with Gasteiger partial charge >= 0.3 is 0 Å². The van der Waals surface area contributed by atoms with E-state index in [2.05, 4.69) is 5.32 Å². The third kappa shape index (κ3) is 2.70. The number of carbonyl (C=O) groups excluding carboxylic acids is 1. The minimum absolute atomic E-state index is 0.00913. The molecule has 4 heteroatoms. The summed E-state index contributed by atoms with van der Waals surface area (Å²) in [5, 5.41) is 3.40. The first-order valence-corrected chi connectivity index (χ1v) is 7.35. The van der Waals surface area contributed by atoms with Gasteiger partial charge in [0.25, 0.3) is 0 Å². The van der Waals surface area contributed by atoms with Crippen molar-refractivity contribution in [2.75, 3.05) is 6.54 Å². The summed E-state index contributed by atoms with van der Waals surface area (Å²) >= 11 is 0. The second kappa shape index (κ2) is 5.17. The van der Waals surface area contributed by atoms with E-state index in [0.29, 0.717) is 23.7 Å². The summed E-state index contributed by atoms with van der Waals surface area (Å²) in [5.74, 6) is 0.0475. The molecule has 108 valence electrons. The average molecular weight is 276 g/mol. The van der Waals surface area contributed by atoms with E-state index in [1.165, 1.54) is 12.8 Å². The summed E-state index contributed by atoms with van der Waals surface area (Å²) in [6.45, 7) is 4.92. The van der Waals surface area contributed by atoms with E-state index in [0.717, 1.165) is 18.5 Å². The first-order chi connectivity index (χ1) is 9.54. The van der Waals surface area contributed by atoms with Crippen LogP contribution in [0, 0.1) is 19.7 Å². The van der Waals surface area contributed by atoms with Crippen molar-refractivity contribution in [1.29, 1.82) is 0 Å². The molecule has 1 aromatic carbocycles. The Morgan fingerprint density at radius 1 is 1.25 bits per heavy atom. The molecule has 1 N–H and O–H groups in total. The second-order valence-corrected chi connectivity index (χ2v) is 6.09. The molecule has 0 radical (unpaired) electrons. The molecule has 1 heterocycles. The van der Waals surface area contributed by atoms with Crippen LogP contribution in [0.4, 0.5) is 4.39 Å². The molecule has 1 aliphatic heterocycles. The minimum Gasteiger partial charge on any atom is -0.337 e. The van der Waals surface area contributed by atoms with Gasteiger partial charge in [0, 0.05) is 19.1 Å². The lowest BCUT2D eigenvalue weighted by atomic mass is 10.1. The number of nitrogens with one attached hydrogen (secondary N) is 1. The maximum atomic E-state index is 13.6. The summed E-state index contributed by atoms with van der Waals surface area (Å²) in [6.07, 6.45) is 3.27. The Hall–Kier alpha value is -1.42. The molecule has 1 aliphatic carbocycles. The van der Waals surface area contributed by atoms with Crippen LogP contribution in [0.15, 0.2) is 12.1 Å². The van der Waals surface area contributed by atoms with Crippen molar-refractivity contribution in [2.24, 2.45) is 0 Å². The highest BCUT2D eigenvalue weighted by Crippen LogP contribution is 2.24. The summed E-state index contributed by atoms with van der Waals surface area (Å²) in [5.41, 5.74) is 2.32. The number of halogens is 1. The summed E-state index contributed by atoms with van der Waals surface area (Å²) in [7, 11) is 0. The molecular weight excluding hydrogens is 255 g/mol. The molecule has 0 aromatic heterocycles. The Bertz CT molecular complexity index is 516. The average Bonchev–Trinajstić information content (AvgIpc) is 3.16. The molecule has 1 atom stereocenters. The zero-order valence-corrected chi connectivity index (χ0v) is 12.1. The van der Waals surface area contributed by atoms with Crippen molar-refractivity contribution in [2.45, 2.75) is 51.7 Å². The Labute approximate surface area is 119 Å². The Morgan fingerprint density at radius 3 is 2.50 bits per heavy atom. The van der Waals surface area contributed by atoms with Crippen molar-refractivity contribution >= 4 is 5.91 Å². The van der Waals surface area contributed by atoms with E-state index in [1.54, 1.807) is 13.8 Å². The highest BCUT2D eigenvalue weighted by Gasteiger charge is 2.35. The Balaban J connectivity index is 1.67. The van der Waals surface area contributed by atoms with E-state index in [1.807, 2.05) is 17.0 Å². The molecule has 3 nitrogen and oxygen atoms in total. The molecule has 1 unspecified atom stereocenters. The minimum atomic E-state index is -0.144. The lowest BCUT2D eigenvalue weighted by molar-refractivity contribution is -0.129. The second-order valence-electron chi connectivity index (χ2n) is 6.09. The summed E-state index contributed by atoms with van der Waals surface area (Å²) < 4.78 is 13.6. The van der Waals surface area contributed by atoms with Crippen molar-refractivity contribution < 1.29 is 9.18 Å². The van der Waals surface area contributed by atoms with Gasteiger partial charge in [0.15, 0.2) is 0 Å². The first-order valence-electron chi connectivity index (χ1n) is 7.35. The van der Waals surface area contributed by atoms with Crippen molar-refractivity contribution in [1.82, 2.24) is 10.2 Å². The normalized spacial score (nSPS) is 22.6. The van der Waals surface area contributed by atoms with Gasteiger partial charge < -0.3 is 10.2 Å². The lowest BCUT2D eigenvalue weighted by Gasteiger charge is -2.18. The molecule has 0 spiro atoms. The van der Waals surface area contributed by atoms with E-state index < -0.39 is 0 Å². The van der Waals surface area contributed by atoms with Crippen LogP contribution in [0.5, 0.6) is 0 Å². The fraction of sp³-hybridized carbons (Fsp3) is 0.562. The number of carbonyl (C=O) groups is 1. The van der Waals surface area contributed by atoms with Gasteiger partial charge in [-0.2, -0.15) is 0 Å². The predicted octanol–water partition coefficient (Wildman–Crippen LogP) is 2.30. The van der Waals surface area contributed by atoms with Crippen LogP contribution in [-0.4, -0.2) is 29.4 Å². The number of hydrogen-bond donors (Lipinski definition) is 1. The van der Waals surface area contributed by atoms with Crippen LogP contribution in [0.1, 0.15) is 36.0 Å². The van der Waals surface area contributed by atoms with Gasteiger partial charge in [0.05, 0.1) is 6.04 Å². The first kappa shape index (κ1) is 13.6. The predicted molar refractivity (Wildman–Crippen MR) is 75.9 cm³/mol. The maximum absolute atomic E-state index is 13.6. The quantitative estimate of drug-likeness (QED) is 0.915. The molecular formula is C16H21FN2O. The molecule has 20 heavy (non-hydrogen) atoms. The number of rotatable bonds is 4. The number of aryl methyl sites for hydroxylation is 2. The number of likely N-dealkylation sites (tertiary alicyclic amines) is 1. The molecule has 1 aromatic rings. The molecule has 3 rings (SSSR count). The van der Waals surface area contributed by atoms with Crippen molar-refractivity contribution in [3.63, 3.8) is 0 Å².